The van der Waals surface area contributed by atoms with E-state index in [0.29, 0.717) is 31.1 Å². The van der Waals surface area contributed by atoms with Gasteiger partial charge in [-0.1, -0.05) is 18.2 Å². The summed E-state index contributed by atoms with van der Waals surface area (Å²) in [4.78, 5) is 27.5. The van der Waals surface area contributed by atoms with E-state index in [-0.39, 0.29) is 34.0 Å². The second kappa shape index (κ2) is 9.76. The smallest absolute Gasteiger partial charge is 0.407 e. The van der Waals surface area contributed by atoms with Crippen LogP contribution in [0, 0.1) is 10.1 Å². The van der Waals surface area contributed by atoms with Crippen LogP contribution in [0.4, 0.5) is 16.2 Å². The van der Waals surface area contributed by atoms with Crippen LogP contribution in [-0.4, -0.2) is 46.1 Å². The Labute approximate surface area is 209 Å². The third kappa shape index (κ3) is 5.43. The quantitative estimate of drug-likeness (QED) is 0.362. The van der Waals surface area contributed by atoms with Gasteiger partial charge in [-0.15, -0.1) is 0 Å². The largest absolute Gasteiger partial charge is 0.444 e. The van der Waals surface area contributed by atoms with Gasteiger partial charge in [-0.25, -0.2) is 22.2 Å². The molecule has 0 unspecified atom stereocenters. The number of nitro groups is 1. The number of nitrogens with one attached hydrogen (secondary N) is 2. The van der Waals surface area contributed by atoms with Crippen molar-refractivity contribution in [2.75, 3.05) is 5.32 Å². The molecular weight excluding hydrogens is 486 g/mol. The molecule has 0 saturated heterocycles. The monoisotopic (exact) mass is 515 g/mol. The second-order valence-corrected chi connectivity index (χ2v) is 11.6. The third-order valence-electron chi connectivity index (χ3n) is 5.95. The lowest BCUT2D eigenvalue weighted by atomic mass is 9.91. The number of aromatic nitrogens is 2. The van der Waals surface area contributed by atoms with Crippen LogP contribution >= 0.6 is 0 Å². The number of anilines is 1. The summed E-state index contributed by atoms with van der Waals surface area (Å²) in [7, 11) is -3.93. The molecule has 1 aromatic carbocycles. The molecule has 0 atom stereocenters. The molecule has 0 aliphatic heterocycles. The molecule has 36 heavy (non-hydrogen) atoms. The Morgan fingerprint density at radius 3 is 2.36 bits per heavy atom. The highest BCUT2D eigenvalue weighted by Gasteiger charge is 2.29. The van der Waals surface area contributed by atoms with Gasteiger partial charge in [0.1, 0.15) is 17.5 Å². The summed E-state index contributed by atoms with van der Waals surface area (Å²) in [5.41, 5.74) is -0.479. The van der Waals surface area contributed by atoms with Gasteiger partial charge in [0.05, 0.1) is 15.2 Å². The van der Waals surface area contributed by atoms with E-state index in [1.807, 2.05) is 0 Å². The van der Waals surface area contributed by atoms with Gasteiger partial charge in [-0.05, 0) is 64.7 Å². The first-order valence-corrected chi connectivity index (χ1v) is 13.1. The lowest BCUT2D eigenvalue weighted by molar-refractivity contribution is -0.384. The highest BCUT2D eigenvalue weighted by molar-refractivity contribution is 7.90. The number of benzene rings is 1. The van der Waals surface area contributed by atoms with E-state index in [2.05, 4.69) is 15.6 Å². The molecule has 11 nitrogen and oxygen atoms in total. The number of alkyl carbamates (subject to hydrolysis) is 1. The number of rotatable bonds is 6. The fraction of sp³-hybridized carbons (Fsp3) is 0.417. The zero-order valence-electron chi connectivity index (χ0n) is 20.3. The van der Waals surface area contributed by atoms with Gasteiger partial charge in [-0.3, -0.25) is 10.1 Å². The van der Waals surface area contributed by atoms with E-state index in [1.54, 1.807) is 39.0 Å². The van der Waals surface area contributed by atoms with Crippen molar-refractivity contribution in [3.8, 4) is 0 Å². The number of ether oxygens (including phenoxy) is 1. The van der Waals surface area contributed by atoms with Crippen LogP contribution in [0.25, 0.3) is 11.0 Å². The van der Waals surface area contributed by atoms with Gasteiger partial charge in [0.2, 0.25) is 0 Å². The average Bonchev–Trinajstić information content (AvgIpc) is 3.25. The molecule has 1 aliphatic rings. The first-order valence-electron chi connectivity index (χ1n) is 11.7. The van der Waals surface area contributed by atoms with Crippen LogP contribution in [0.15, 0.2) is 53.7 Å². The zero-order chi connectivity index (χ0) is 26.1. The maximum Gasteiger partial charge on any atom is 0.407 e. The van der Waals surface area contributed by atoms with Crippen molar-refractivity contribution in [1.82, 2.24) is 14.3 Å². The van der Waals surface area contributed by atoms with Gasteiger partial charge in [0.15, 0.2) is 5.65 Å². The van der Waals surface area contributed by atoms with Crippen molar-refractivity contribution >= 4 is 38.5 Å². The third-order valence-corrected chi connectivity index (χ3v) is 7.63. The van der Waals surface area contributed by atoms with Crippen molar-refractivity contribution in [2.24, 2.45) is 0 Å². The van der Waals surface area contributed by atoms with E-state index in [0.717, 1.165) is 10.2 Å². The Bertz CT molecular complexity index is 1370. The predicted octanol–water partition coefficient (Wildman–Crippen LogP) is 4.43. The number of amides is 1. The molecule has 192 valence electrons. The first kappa shape index (κ1) is 25.4. The molecule has 12 heteroatoms. The molecular formula is C24H29N5O6S. The fourth-order valence-corrected chi connectivity index (χ4v) is 5.63. The molecule has 2 N–H and O–H groups in total. The minimum absolute atomic E-state index is 0.0533. The number of hydrogen-bond donors (Lipinski definition) is 2. The van der Waals surface area contributed by atoms with Gasteiger partial charge >= 0.3 is 11.8 Å². The lowest BCUT2D eigenvalue weighted by Gasteiger charge is -2.31. The number of pyridine rings is 1. The van der Waals surface area contributed by atoms with E-state index in [4.69, 9.17) is 4.74 Å². The SMILES string of the molecule is CC(C)(C)OC(=O)N[C@H]1CC[C@H](Nc2c([N+](=O)[O-])cnc3c2ccn3S(=O)(=O)c2ccccc2)CC1. The molecule has 4 rings (SSSR count). The predicted molar refractivity (Wildman–Crippen MR) is 134 cm³/mol. The zero-order valence-corrected chi connectivity index (χ0v) is 21.1. The van der Waals surface area contributed by atoms with E-state index in [1.165, 1.54) is 24.4 Å². The topological polar surface area (TPSA) is 145 Å². The first-order chi connectivity index (χ1) is 17.0. The molecule has 1 aliphatic carbocycles. The summed E-state index contributed by atoms with van der Waals surface area (Å²) >= 11 is 0. The van der Waals surface area contributed by atoms with Crippen molar-refractivity contribution in [1.29, 1.82) is 0 Å². The maximum atomic E-state index is 13.2. The number of fused-ring (bicyclic) bond motifs is 1. The highest BCUT2D eigenvalue weighted by atomic mass is 32.2. The Balaban J connectivity index is 1.56. The minimum Gasteiger partial charge on any atom is -0.444 e. The molecule has 0 radical (unpaired) electrons. The summed E-state index contributed by atoms with van der Waals surface area (Å²) in [6.07, 6.45) is 4.62. The Hall–Kier alpha value is -3.67. The molecule has 1 fully saturated rings. The number of nitrogens with zero attached hydrogens (tertiary/aromatic N) is 3. The van der Waals surface area contributed by atoms with E-state index < -0.39 is 26.6 Å². The van der Waals surface area contributed by atoms with E-state index >= 15 is 0 Å². The summed E-state index contributed by atoms with van der Waals surface area (Å²) in [6, 6.07) is 9.30. The molecule has 2 heterocycles. The number of carbonyl (C=O) groups excluding carboxylic acids is 1. The number of carbonyl (C=O) groups is 1. The van der Waals surface area contributed by atoms with Gasteiger partial charge in [-0.2, -0.15) is 0 Å². The van der Waals surface area contributed by atoms with Crippen molar-refractivity contribution in [3.63, 3.8) is 0 Å². The average molecular weight is 516 g/mol. The van der Waals surface area contributed by atoms with Crippen LogP contribution in [0.1, 0.15) is 46.5 Å². The minimum atomic E-state index is -3.93. The standard InChI is InChI=1S/C24H29N5O6S/c1-24(2,3)35-23(30)27-17-11-9-16(10-12-17)26-21-19-13-14-28(22(19)25-15-20(21)29(31)32)36(33,34)18-7-5-4-6-8-18/h4-8,13-17H,9-12H2,1-3H3,(H,25,26)(H,27,30)/t16-,17-. The Kier molecular flexibility index (Phi) is 6.90. The molecule has 1 amide bonds. The van der Waals surface area contributed by atoms with E-state index in [9.17, 15) is 23.3 Å². The van der Waals surface area contributed by atoms with Crippen molar-refractivity contribution < 1.29 is 22.9 Å². The summed E-state index contributed by atoms with van der Waals surface area (Å²) in [5, 5.41) is 18.2. The summed E-state index contributed by atoms with van der Waals surface area (Å²) in [6.45, 7) is 5.40. The second-order valence-electron chi connectivity index (χ2n) is 9.78. The molecule has 0 bridgehead atoms. The van der Waals surface area contributed by atoms with Crippen LogP contribution < -0.4 is 10.6 Å². The lowest BCUT2D eigenvalue weighted by Crippen LogP contribution is -2.42. The molecule has 1 saturated carbocycles. The highest BCUT2D eigenvalue weighted by Crippen LogP contribution is 2.35. The van der Waals surface area contributed by atoms with Crippen LogP contribution in [0.5, 0.6) is 0 Å². The van der Waals surface area contributed by atoms with Crippen molar-refractivity contribution in [2.45, 2.75) is 69.0 Å². The Morgan fingerprint density at radius 2 is 1.75 bits per heavy atom. The summed E-state index contributed by atoms with van der Waals surface area (Å²) < 4.78 is 32.7. The summed E-state index contributed by atoms with van der Waals surface area (Å²) in [5.74, 6) is 0. The van der Waals surface area contributed by atoms with Crippen LogP contribution in [0.3, 0.4) is 0 Å². The van der Waals surface area contributed by atoms with Gasteiger partial charge in [0.25, 0.3) is 10.0 Å². The number of hydrogen-bond acceptors (Lipinski definition) is 8. The fourth-order valence-electron chi connectivity index (χ4n) is 4.30. The van der Waals surface area contributed by atoms with Crippen molar-refractivity contribution in [3.05, 3.63) is 58.9 Å². The van der Waals surface area contributed by atoms with Gasteiger partial charge < -0.3 is 15.4 Å². The maximum absolute atomic E-state index is 13.2. The Morgan fingerprint density at radius 1 is 1.11 bits per heavy atom. The molecule has 0 spiro atoms. The molecule has 2 aromatic heterocycles. The van der Waals surface area contributed by atoms with Gasteiger partial charge in [0, 0.05) is 18.3 Å². The normalized spacial score (nSPS) is 18.5. The van der Waals surface area contributed by atoms with Crippen LogP contribution in [-0.2, 0) is 14.8 Å². The van der Waals surface area contributed by atoms with Crippen LogP contribution in [0.2, 0.25) is 0 Å². The molecule has 3 aromatic rings.